The van der Waals surface area contributed by atoms with Crippen LogP contribution in [0.5, 0.6) is 0 Å². The lowest BCUT2D eigenvalue weighted by Gasteiger charge is -2.31. The van der Waals surface area contributed by atoms with Crippen molar-refractivity contribution in [1.29, 1.82) is 0 Å². The molecule has 190 valence electrons. The third kappa shape index (κ3) is 7.42. The zero-order chi connectivity index (χ0) is 25.9. The lowest BCUT2D eigenvalue weighted by molar-refractivity contribution is -0.121. The maximum absolute atomic E-state index is 11.5. The lowest BCUT2D eigenvalue weighted by atomic mass is 9.94. The van der Waals surface area contributed by atoms with Gasteiger partial charge in [0.25, 0.3) is 0 Å². The molecule has 1 heterocycles. The molecule has 1 aliphatic rings. The highest BCUT2D eigenvalue weighted by molar-refractivity contribution is 7.19. The molecule has 4 aromatic rings. The van der Waals surface area contributed by atoms with Crippen LogP contribution in [0.2, 0.25) is 5.02 Å². The third-order valence-corrected chi connectivity index (χ3v) is 8.13. The van der Waals surface area contributed by atoms with Crippen LogP contribution in [-0.2, 0) is 11.3 Å². The maximum Gasteiger partial charge on any atom is 0.210 e. The summed E-state index contributed by atoms with van der Waals surface area (Å²) in [5, 5.41) is 2.15. The molecule has 0 radical (unpaired) electrons. The molecule has 1 saturated carbocycles. The van der Waals surface area contributed by atoms with Crippen LogP contribution in [-0.4, -0.2) is 24.4 Å². The number of thiophene rings is 1. The van der Waals surface area contributed by atoms with Gasteiger partial charge in [-0.05, 0) is 85.6 Å². The molecular formula is C31H37ClN2OS. The van der Waals surface area contributed by atoms with Crippen molar-refractivity contribution in [3.05, 3.63) is 93.8 Å². The fraction of sp³-hybridized carbons (Fsp3) is 0.323. The second-order valence-corrected chi connectivity index (χ2v) is 10.8. The van der Waals surface area contributed by atoms with Crippen LogP contribution in [0.3, 0.4) is 0 Å². The van der Waals surface area contributed by atoms with Crippen LogP contribution in [0.4, 0.5) is 0 Å². The summed E-state index contributed by atoms with van der Waals surface area (Å²) in [6, 6.07) is 25.2. The van der Waals surface area contributed by atoms with Gasteiger partial charge in [-0.15, -0.1) is 11.3 Å². The quantitative estimate of drug-likeness (QED) is 0.268. The van der Waals surface area contributed by atoms with E-state index in [1.54, 1.807) is 0 Å². The highest BCUT2D eigenvalue weighted by Gasteiger charge is 2.19. The SMILES string of the molecule is CN.Cc1sc2ccccc2c1C.O=CN(Cc1cccc(-c2cccc(Cl)c2)c1)C1CCCCC1. The molecule has 1 aliphatic carbocycles. The van der Waals surface area contributed by atoms with E-state index in [9.17, 15) is 4.79 Å². The number of fused-ring (bicyclic) bond motifs is 1. The summed E-state index contributed by atoms with van der Waals surface area (Å²) < 4.78 is 1.41. The summed E-state index contributed by atoms with van der Waals surface area (Å²) in [5.74, 6) is 0. The Kier molecular flexibility index (Phi) is 11.0. The fourth-order valence-corrected chi connectivity index (χ4v) is 5.95. The molecule has 0 saturated heterocycles. The summed E-state index contributed by atoms with van der Waals surface area (Å²) in [6.07, 6.45) is 7.05. The molecule has 0 unspecified atom stereocenters. The van der Waals surface area contributed by atoms with E-state index in [-0.39, 0.29) is 0 Å². The molecule has 2 N–H and O–H groups in total. The number of aryl methyl sites for hydroxylation is 2. The van der Waals surface area contributed by atoms with E-state index in [0.717, 1.165) is 35.4 Å². The Labute approximate surface area is 224 Å². The first kappa shape index (κ1) is 27.9. The highest BCUT2D eigenvalue weighted by atomic mass is 35.5. The van der Waals surface area contributed by atoms with Crippen LogP contribution in [0.25, 0.3) is 21.2 Å². The molecule has 0 atom stereocenters. The van der Waals surface area contributed by atoms with E-state index in [1.165, 1.54) is 52.4 Å². The maximum atomic E-state index is 11.5. The van der Waals surface area contributed by atoms with Gasteiger partial charge in [-0.3, -0.25) is 4.79 Å². The van der Waals surface area contributed by atoms with Gasteiger partial charge in [-0.25, -0.2) is 0 Å². The standard InChI is InChI=1S/C20H22ClNO.C10H10S.CH5N/c21-19-9-5-8-18(13-19)17-7-4-6-16(12-17)14-22(15-23)20-10-2-1-3-11-20;1-7-8(2)11-10-6-4-3-5-9(7)10;1-2/h4-9,12-13,15,20H,1-3,10-11,14H2;3-6H,1-2H3;2H2,1H3. The molecule has 1 aromatic heterocycles. The van der Waals surface area contributed by atoms with E-state index < -0.39 is 0 Å². The first-order valence-electron chi connectivity index (χ1n) is 12.6. The number of nitrogens with zero attached hydrogens (tertiary/aromatic N) is 1. The minimum atomic E-state index is 0.399. The smallest absolute Gasteiger partial charge is 0.210 e. The van der Waals surface area contributed by atoms with Crippen molar-refractivity contribution in [2.45, 2.75) is 58.5 Å². The molecule has 5 rings (SSSR count). The van der Waals surface area contributed by atoms with Crippen molar-refractivity contribution in [3.8, 4) is 11.1 Å². The summed E-state index contributed by atoms with van der Waals surface area (Å²) in [5.41, 5.74) is 9.35. The number of hydrogen-bond acceptors (Lipinski definition) is 3. The monoisotopic (exact) mass is 520 g/mol. The largest absolute Gasteiger partial charge is 0.338 e. The number of nitrogens with two attached hydrogens (primary N) is 1. The fourth-order valence-electron chi connectivity index (χ4n) is 4.69. The van der Waals surface area contributed by atoms with Gasteiger partial charge in [0.05, 0.1) is 0 Å². The van der Waals surface area contributed by atoms with E-state index in [4.69, 9.17) is 11.6 Å². The second-order valence-electron chi connectivity index (χ2n) is 9.06. The molecule has 5 heteroatoms. The Bertz CT molecular complexity index is 1250. The van der Waals surface area contributed by atoms with Gasteiger partial charge in [0.2, 0.25) is 6.41 Å². The Hall–Kier alpha value is -2.66. The topological polar surface area (TPSA) is 46.3 Å². The van der Waals surface area contributed by atoms with Gasteiger partial charge in [-0.2, -0.15) is 0 Å². The van der Waals surface area contributed by atoms with Crippen molar-refractivity contribution in [1.82, 2.24) is 4.90 Å². The van der Waals surface area contributed by atoms with E-state index in [0.29, 0.717) is 12.6 Å². The van der Waals surface area contributed by atoms with Gasteiger partial charge in [0, 0.05) is 27.2 Å². The van der Waals surface area contributed by atoms with Gasteiger partial charge in [0.1, 0.15) is 0 Å². The van der Waals surface area contributed by atoms with Gasteiger partial charge >= 0.3 is 0 Å². The van der Waals surface area contributed by atoms with E-state index in [1.807, 2.05) is 34.4 Å². The first-order valence-corrected chi connectivity index (χ1v) is 13.8. The van der Waals surface area contributed by atoms with Gasteiger partial charge in [-0.1, -0.05) is 79.4 Å². The van der Waals surface area contributed by atoms with Crippen molar-refractivity contribution in [3.63, 3.8) is 0 Å². The predicted octanol–water partition coefficient (Wildman–Crippen LogP) is 8.39. The van der Waals surface area contributed by atoms with E-state index in [2.05, 4.69) is 74.2 Å². The number of amides is 1. The van der Waals surface area contributed by atoms with Crippen LogP contribution in [0.15, 0.2) is 72.8 Å². The molecule has 3 nitrogen and oxygen atoms in total. The summed E-state index contributed by atoms with van der Waals surface area (Å²) in [6.45, 7) is 5.05. The molecule has 1 amide bonds. The Balaban J connectivity index is 0.000000231. The van der Waals surface area contributed by atoms with Crippen molar-refractivity contribution < 1.29 is 4.79 Å². The van der Waals surface area contributed by atoms with E-state index >= 15 is 0 Å². The summed E-state index contributed by atoms with van der Waals surface area (Å²) in [7, 11) is 1.50. The number of hydrogen-bond donors (Lipinski definition) is 1. The molecule has 36 heavy (non-hydrogen) atoms. The van der Waals surface area contributed by atoms with Crippen LogP contribution in [0.1, 0.15) is 48.1 Å². The molecule has 3 aromatic carbocycles. The zero-order valence-corrected chi connectivity index (χ0v) is 23.1. The van der Waals surface area contributed by atoms with Crippen molar-refractivity contribution >= 4 is 39.4 Å². The molecular weight excluding hydrogens is 484 g/mol. The first-order chi connectivity index (χ1) is 17.5. The molecule has 1 fully saturated rings. The number of halogens is 1. The average Bonchev–Trinajstić information content (AvgIpc) is 3.22. The van der Waals surface area contributed by atoms with Crippen molar-refractivity contribution in [2.24, 2.45) is 5.73 Å². The summed E-state index contributed by atoms with van der Waals surface area (Å²) >= 11 is 7.97. The van der Waals surface area contributed by atoms with Gasteiger partial charge in [0.15, 0.2) is 0 Å². The Morgan fingerprint density at radius 1 is 0.917 bits per heavy atom. The van der Waals surface area contributed by atoms with Gasteiger partial charge < -0.3 is 10.6 Å². The molecule has 0 aliphatic heterocycles. The number of rotatable bonds is 5. The zero-order valence-electron chi connectivity index (χ0n) is 21.5. The Morgan fingerprint density at radius 2 is 1.58 bits per heavy atom. The average molecular weight is 521 g/mol. The normalized spacial score (nSPS) is 13.2. The molecule has 0 bridgehead atoms. The number of carbonyl (C=O) groups excluding carboxylic acids is 1. The highest BCUT2D eigenvalue weighted by Crippen LogP contribution is 2.29. The Morgan fingerprint density at radius 3 is 2.25 bits per heavy atom. The van der Waals surface area contributed by atoms with Crippen LogP contribution >= 0.6 is 22.9 Å². The van der Waals surface area contributed by atoms with Crippen molar-refractivity contribution in [2.75, 3.05) is 7.05 Å². The molecule has 0 spiro atoms. The summed E-state index contributed by atoms with van der Waals surface area (Å²) in [4.78, 5) is 14.9. The third-order valence-electron chi connectivity index (χ3n) is 6.71. The minimum absolute atomic E-state index is 0.399. The number of carbonyl (C=O) groups is 1. The minimum Gasteiger partial charge on any atom is -0.338 e. The number of benzene rings is 3. The lowest BCUT2D eigenvalue weighted by Crippen LogP contribution is -2.35. The van der Waals surface area contributed by atoms with Crippen LogP contribution in [0, 0.1) is 13.8 Å². The predicted molar refractivity (Wildman–Crippen MR) is 157 cm³/mol. The van der Waals surface area contributed by atoms with Crippen LogP contribution < -0.4 is 5.73 Å². The second kappa shape index (κ2) is 14.2.